The highest BCUT2D eigenvalue weighted by Gasteiger charge is 2.49. The normalized spacial score (nSPS) is 24.2. The van der Waals surface area contributed by atoms with Crippen LogP contribution >= 0.6 is 23.5 Å². The molecule has 2 aliphatic rings. The van der Waals surface area contributed by atoms with Gasteiger partial charge in [0.1, 0.15) is 12.1 Å². The fourth-order valence-corrected chi connectivity index (χ4v) is 7.38. The molecule has 1 aromatic rings. The maximum Gasteiger partial charge on any atom is 0.242 e. The lowest BCUT2D eigenvalue weighted by molar-refractivity contribution is -0.128. The molecule has 4 amide bonds. The molecule has 11 nitrogen and oxygen atoms in total. The lowest BCUT2D eigenvalue weighted by Crippen LogP contribution is -2.58. The van der Waals surface area contributed by atoms with E-state index in [0.717, 1.165) is 5.56 Å². The molecule has 1 aromatic carbocycles. The fraction of sp³-hybridized carbons (Fsp3) is 0.630. The Balaban J connectivity index is 1.53. The SMILES string of the molecule is CC(C)(C)NC(=O)[C@@H]1CSCN1CC(O)CNC(=O)[C@@H]1N[C@@H]([C@H](NC(=O)Cc2ccccc2)C(N)=O)SC1(C)C. The zero-order valence-electron chi connectivity index (χ0n) is 23.7. The number of hydrogen-bond acceptors (Lipinski definition) is 9. The van der Waals surface area contributed by atoms with Crippen LogP contribution in [0.4, 0.5) is 0 Å². The summed E-state index contributed by atoms with van der Waals surface area (Å²) in [5.74, 6) is -0.201. The fourth-order valence-electron chi connectivity index (χ4n) is 4.66. The van der Waals surface area contributed by atoms with Gasteiger partial charge in [-0.2, -0.15) is 0 Å². The van der Waals surface area contributed by atoms with E-state index >= 15 is 0 Å². The number of rotatable bonds is 11. The third-order valence-electron chi connectivity index (χ3n) is 6.58. The summed E-state index contributed by atoms with van der Waals surface area (Å²) in [6.45, 7) is 9.76. The topological polar surface area (TPSA) is 166 Å². The molecule has 40 heavy (non-hydrogen) atoms. The molecule has 2 aliphatic heterocycles. The summed E-state index contributed by atoms with van der Waals surface area (Å²) in [6.07, 6.45) is -0.780. The average molecular weight is 595 g/mol. The largest absolute Gasteiger partial charge is 0.390 e. The molecule has 0 spiro atoms. The quantitative estimate of drug-likeness (QED) is 0.203. The number of carbonyl (C=O) groups excluding carboxylic acids is 4. The van der Waals surface area contributed by atoms with E-state index in [9.17, 15) is 24.3 Å². The van der Waals surface area contributed by atoms with Crippen LogP contribution in [0.1, 0.15) is 40.2 Å². The smallest absolute Gasteiger partial charge is 0.242 e. The minimum atomic E-state index is -1.02. The van der Waals surface area contributed by atoms with Gasteiger partial charge in [0.05, 0.1) is 23.9 Å². The van der Waals surface area contributed by atoms with Crippen molar-refractivity contribution in [3.05, 3.63) is 35.9 Å². The van der Waals surface area contributed by atoms with Gasteiger partial charge < -0.3 is 26.8 Å². The van der Waals surface area contributed by atoms with Gasteiger partial charge in [0.15, 0.2) is 0 Å². The molecular formula is C27H42N6O5S2. The number of nitrogens with one attached hydrogen (secondary N) is 4. The van der Waals surface area contributed by atoms with Crippen LogP contribution in [-0.2, 0) is 25.6 Å². The number of β-amino-alcohol motifs (C(OH)–C–C–N with tert-alkyl or cyclic N) is 1. The first-order valence-corrected chi connectivity index (χ1v) is 15.4. The van der Waals surface area contributed by atoms with Crippen LogP contribution in [0.3, 0.4) is 0 Å². The molecular weight excluding hydrogens is 552 g/mol. The number of aliphatic hydroxyl groups excluding tert-OH is 1. The molecule has 7 N–H and O–H groups in total. The van der Waals surface area contributed by atoms with E-state index in [1.54, 1.807) is 11.8 Å². The summed E-state index contributed by atoms with van der Waals surface area (Å²) in [6, 6.07) is 7.10. The maximum atomic E-state index is 13.1. The number of benzene rings is 1. The average Bonchev–Trinajstić information content (AvgIpc) is 3.43. The molecule has 0 radical (unpaired) electrons. The Morgan fingerprint density at radius 2 is 1.85 bits per heavy atom. The van der Waals surface area contributed by atoms with E-state index in [0.29, 0.717) is 11.6 Å². The van der Waals surface area contributed by atoms with E-state index in [-0.39, 0.29) is 48.8 Å². The number of primary amides is 1. The molecule has 2 heterocycles. The maximum absolute atomic E-state index is 13.1. The molecule has 0 bridgehead atoms. The van der Waals surface area contributed by atoms with Gasteiger partial charge in [0.2, 0.25) is 23.6 Å². The van der Waals surface area contributed by atoms with Crippen LogP contribution in [-0.4, -0.2) is 98.2 Å². The number of carbonyl (C=O) groups is 4. The number of nitrogens with zero attached hydrogens (tertiary/aromatic N) is 1. The summed E-state index contributed by atoms with van der Waals surface area (Å²) in [7, 11) is 0. The van der Waals surface area contributed by atoms with Gasteiger partial charge in [-0.25, -0.2) is 0 Å². The number of amides is 4. The van der Waals surface area contributed by atoms with Crippen molar-refractivity contribution in [3.63, 3.8) is 0 Å². The van der Waals surface area contributed by atoms with Crippen LogP contribution in [0.5, 0.6) is 0 Å². The van der Waals surface area contributed by atoms with Crippen LogP contribution in [0.15, 0.2) is 30.3 Å². The highest BCUT2D eigenvalue weighted by Crippen LogP contribution is 2.39. The summed E-state index contributed by atoms with van der Waals surface area (Å²) < 4.78 is -0.626. The molecule has 0 aromatic heterocycles. The zero-order chi connectivity index (χ0) is 29.7. The van der Waals surface area contributed by atoms with Crippen molar-refractivity contribution >= 4 is 47.2 Å². The lowest BCUT2D eigenvalue weighted by Gasteiger charge is -2.29. The Bertz CT molecular complexity index is 1070. The Morgan fingerprint density at radius 3 is 2.48 bits per heavy atom. The Kier molecular flexibility index (Phi) is 10.9. The van der Waals surface area contributed by atoms with Crippen molar-refractivity contribution in [2.45, 2.75) is 80.9 Å². The predicted octanol–water partition coefficient (Wildman–Crippen LogP) is -0.224. The number of hydrogen-bond donors (Lipinski definition) is 6. The van der Waals surface area contributed by atoms with Crippen molar-refractivity contribution < 1.29 is 24.3 Å². The Labute approximate surface area is 244 Å². The standard InChI is InChI=1S/C27H42N6O5S2/c1-26(2,3)32-23(37)18-14-39-15-33(18)13-17(34)12-29-24(38)21-27(4,5)40-25(31-21)20(22(28)36)30-19(35)11-16-9-7-6-8-10-16/h6-10,17-18,20-21,25,31,34H,11-15H2,1-5H3,(H2,28,36)(H,29,38)(H,30,35)(H,32,37)/t17?,18-,20+,21-,25+/m0/s1. The number of nitrogens with two attached hydrogens (primary N) is 1. The summed E-state index contributed by atoms with van der Waals surface area (Å²) in [5.41, 5.74) is 6.09. The molecule has 0 saturated carbocycles. The van der Waals surface area contributed by atoms with Crippen LogP contribution in [0.25, 0.3) is 0 Å². The first-order chi connectivity index (χ1) is 18.7. The van der Waals surface area contributed by atoms with Crippen molar-refractivity contribution in [1.82, 2.24) is 26.2 Å². The van der Waals surface area contributed by atoms with Crippen LogP contribution in [0.2, 0.25) is 0 Å². The van der Waals surface area contributed by atoms with Gasteiger partial charge in [-0.3, -0.25) is 29.4 Å². The molecule has 5 atom stereocenters. The summed E-state index contributed by atoms with van der Waals surface area (Å²) in [5, 5.41) is 21.7. The Hall–Kier alpha value is -2.32. The van der Waals surface area contributed by atoms with E-state index in [2.05, 4.69) is 21.3 Å². The van der Waals surface area contributed by atoms with Crippen molar-refractivity contribution in [2.24, 2.45) is 5.73 Å². The monoisotopic (exact) mass is 594 g/mol. The zero-order valence-corrected chi connectivity index (χ0v) is 25.4. The van der Waals surface area contributed by atoms with Gasteiger partial charge in [-0.15, -0.1) is 23.5 Å². The minimum absolute atomic E-state index is 0.00423. The van der Waals surface area contributed by atoms with E-state index in [4.69, 9.17) is 5.73 Å². The third-order valence-corrected chi connectivity index (χ3v) is 9.15. The van der Waals surface area contributed by atoms with Crippen molar-refractivity contribution in [2.75, 3.05) is 24.7 Å². The van der Waals surface area contributed by atoms with Crippen molar-refractivity contribution in [1.29, 1.82) is 0 Å². The van der Waals surface area contributed by atoms with Gasteiger partial charge in [0.25, 0.3) is 0 Å². The molecule has 1 unspecified atom stereocenters. The lowest BCUT2D eigenvalue weighted by atomic mass is 10.0. The summed E-state index contributed by atoms with van der Waals surface area (Å²) >= 11 is 2.98. The molecule has 0 aliphatic carbocycles. The van der Waals surface area contributed by atoms with E-state index in [1.807, 2.05) is 69.9 Å². The first kappa shape index (κ1) is 32.2. The minimum Gasteiger partial charge on any atom is -0.390 e. The third kappa shape index (κ3) is 9.10. The molecule has 3 rings (SSSR count). The first-order valence-electron chi connectivity index (χ1n) is 13.3. The van der Waals surface area contributed by atoms with Gasteiger partial charge in [-0.05, 0) is 40.2 Å². The molecule has 13 heteroatoms. The Morgan fingerprint density at radius 1 is 1.18 bits per heavy atom. The van der Waals surface area contributed by atoms with Crippen molar-refractivity contribution in [3.8, 4) is 0 Å². The van der Waals surface area contributed by atoms with Crippen LogP contribution < -0.4 is 27.0 Å². The number of thioether (sulfide) groups is 2. The summed E-state index contributed by atoms with van der Waals surface area (Å²) in [4.78, 5) is 52.6. The highest BCUT2D eigenvalue weighted by molar-refractivity contribution is 8.01. The predicted molar refractivity (Wildman–Crippen MR) is 158 cm³/mol. The second-order valence-corrected chi connectivity index (χ2v) is 14.6. The molecule has 2 saturated heterocycles. The van der Waals surface area contributed by atoms with Gasteiger partial charge >= 0.3 is 0 Å². The van der Waals surface area contributed by atoms with E-state index in [1.165, 1.54) is 11.8 Å². The second kappa shape index (κ2) is 13.6. The molecule has 2 fully saturated rings. The number of aliphatic hydroxyl groups is 1. The highest BCUT2D eigenvalue weighted by atomic mass is 32.2. The second-order valence-electron chi connectivity index (χ2n) is 11.8. The van der Waals surface area contributed by atoms with Crippen LogP contribution in [0, 0.1) is 0 Å². The van der Waals surface area contributed by atoms with E-state index < -0.39 is 34.2 Å². The van der Waals surface area contributed by atoms with Gasteiger partial charge in [0, 0.05) is 35.0 Å². The van der Waals surface area contributed by atoms with Gasteiger partial charge in [-0.1, -0.05) is 30.3 Å². The molecule has 222 valence electrons.